The first kappa shape index (κ1) is 13.1. The van der Waals surface area contributed by atoms with Gasteiger partial charge in [0.15, 0.2) is 0 Å². The Balaban J connectivity index is 2.25. The van der Waals surface area contributed by atoms with Gasteiger partial charge in [0.1, 0.15) is 0 Å². The van der Waals surface area contributed by atoms with Crippen LogP contribution < -0.4 is 5.32 Å². The largest absolute Gasteiger partial charge is 0.348 e. The maximum Gasteiger partial charge on any atom is 0.251 e. The number of carbonyl (C=O) groups is 1. The fourth-order valence-electron chi connectivity index (χ4n) is 2.47. The van der Waals surface area contributed by atoms with Crippen molar-refractivity contribution >= 4 is 5.91 Å². The Bertz CT molecular complexity index is 452. The van der Waals surface area contributed by atoms with Crippen LogP contribution in [0.15, 0.2) is 18.2 Å². The fourth-order valence-corrected chi connectivity index (χ4v) is 2.47. The van der Waals surface area contributed by atoms with Gasteiger partial charge in [-0.05, 0) is 43.6 Å². The highest BCUT2D eigenvalue weighted by atomic mass is 16.1. The Morgan fingerprint density at radius 1 is 1.39 bits per heavy atom. The molecule has 18 heavy (non-hydrogen) atoms. The third-order valence-corrected chi connectivity index (χ3v) is 3.43. The molecule has 1 heterocycles. The summed E-state index contributed by atoms with van der Waals surface area (Å²) in [5.74, 6) is 0.535. The maximum absolute atomic E-state index is 12.1. The topological polar surface area (TPSA) is 32.3 Å². The number of rotatable bonds is 3. The van der Waals surface area contributed by atoms with E-state index in [0.29, 0.717) is 5.92 Å². The van der Waals surface area contributed by atoms with Crippen molar-refractivity contribution in [2.24, 2.45) is 0 Å². The molecule has 98 valence electrons. The molecule has 0 spiro atoms. The highest BCUT2D eigenvalue weighted by molar-refractivity contribution is 5.97. The zero-order valence-corrected chi connectivity index (χ0v) is 11.7. The molecule has 3 nitrogen and oxygen atoms in total. The molecule has 0 fully saturated rings. The first-order valence-corrected chi connectivity index (χ1v) is 6.55. The Morgan fingerprint density at radius 2 is 2.11 bits per heavy atom. The predicted molar refractivity (Wildman–Crippen MR) is 74.0 cm³/mol. The van der Waals surface area contributed by atoms with E-state index < -0.39 is 0 Å². The lowest BCUT2D eigenvalue weighted by Gasteiger charge is -2.28. The van der Waals surface area contributed by atoms with Crippen molar-refractivity contribution in [1.29, 1.82) is 0 Å². The van der Waals surface area contributed by atoms with E-state index in [1.165, 1.54) is 11.1 Å². The van der Waals surface area contributed by atoms with E-state index in [-0.39, 0.29) is 11.9 Å². The molecule has 1 aliphatic rings. The van der Waals surface area contributed by atoms with Gasteiger partial charge in [-0.1, -0.05) is 26.0 Å². The molecule has 3 heteroatoms. The lowest BCUT2D eigenvalue weighted by Crippen LogP contribution is -2.46. The summed E-state index contributed by atoms with van der Waals surface area (Å²) in [6, 6.07) is 6.53. The number of nitrogens with zero attached hydrogens (tertiary/aromatic N) is 1. The third-order valence-electron chi connectivity index (χ3n) is 3.43. The number of fused-ring (bicyclic) bond motifs is 1. The standard InChI is InChI=1S/C15H22N2O/c1-10(2)11-5-6-12-7-13(9-17(3)4)16-15(18)14(12)8-11/h5-6,8,10,13H,7,9H2,1-4H3,(H,16,18). The highest BCUT2D eigenvalue weighted by Crippen LogP contribution is 2.22. The minimum atomic E-state index is 0.0746. The molecular weight excluding hydrogens is 224 g/mol. The van der Waals surface area contributed by atoms with Gasteiger partial charge in [0.25, 0.3) is 5.91 Å². The van der Waals surface area contributed by atoms with Gasteiger partial charge in [0.05, 0.1) is 0 Å². The van der Waals surface area contributed by atoms with E-state index in [1.807, 2.05) is 20.2 Å². The molecule has 0 radical (unpaired) electrons. The van der Waals surface area contributed by atoms with Crippen LogP contribution in [-0.4, -0.2) is 37.5 Å². The molecular formula is C15H22N2O. The van der Waals surface area contributed by atoms with Crippen molar-refractivity contribution in [2.75, 3.05) is 20.6 Å². The number of carbonyl (C=O) groups excluding carboxylic acids is 1. The second-order valence-electron chi connectivity index (χ2n) is 5.71. The van der Waals surface area contributed by atoms with Crippen molar-refractivity contribution in [3.8, 4) is 0 Å². The summed E-state index contributed by atoms with van der Waals surface area (Å²) in [5, 5.41) is 3.09. The molecule has 0 bridgehead atoms. The quantitative estimate of drug-likeness (QED) is 0.885. The van der Waals surface area contributed by atoms with Crippen LogP contribution in [0.4, 0.5) is 0 Å². The molecule has 1 amide bonds. The average Bonchev–Trinajstić information content (AvgIpc) is 2.27. The number of benzene rings is 1. The second-order valence-corrected chi connectivity index (χ2v) is 5.71. The Labute approximate surface area is 109 Å². The van der Waals surface area contributed by atoms with Gasteiger partial charge in [0, 0.05) is 18.2 Å². The number of amides is 1. The molecule has 1 atom stereocenters. The molecule has 0 aliphatic carbocycles. The lowest BCUT2D eigenvalue weighted by atomic mass is 9.91. The number of likely N-dealkylation sites (N-methyl/N-ethyl adjacent to an activating group) is 1. The van der Waals surface area contributed by atoms with Crippen LogP contribution in [0.3, 0.4) is 0 Å². The van der Waals surface area contributed by atoms with E-state index in [1.54, 1.807) is 0 Å². The van der Waals surface area contributed by atoms with Crippen LogP contribution in [-0.2, 0) is 6.42 Å². The number of nitrogens with one attached hydrogen (secondary N) is 1. The smallest absolute Gasteiger partial charge is 0.251 e. The van der Waals surface area contributed by atoms with Gasteiger partial charge in [-0.3, -0.25) is 4.79 Å². The summed E-state index contributed by atoms with van der Waals surface area (Å²) in [7, 11) is 4.06. The van der Waals surface area contributed by atoms with Gasteiger partial charge in [-0.2, -0.15) is 0 Å². The van der Waals surface area contributed by atoms with Crippen molar-refractivity contribution in [3.05, 3.63) is 34.9 Å². The number of hydrogen-bond acceptors (Lipinski definition) is 2. The number of hydrogen-bond donors (Lipinski definition) is 1. The monoisotopic (exact) mass is 246 g/mol. The first-order chi connectivity index (χ1) is 8.47. The Hall–Kier alpha value is -1.35. The maximum atomic E-state index is 12.1. The second kappa shape index (κ2) is 5.11. The van der Waals surface area contributed by atoms with Crippen LogP contribution in [0.2, 0.25) is 0 Å². The molecule has 1 aromatic carbocycles. The molecule has 2 rings (SSSR count). The van der Waals surface area contributed by atoms with E-state index in [4.69, 9.17) is 0 Å². The summed E-state index contributed by atoms with van der Waals surface area (Å²) < 4.78 is 0. The lowest BCUT2D eigenvalue weighted by molar-refractivity contribution is 0.0917. The molecule has 1 aliphatic heterocycles. The van der Waals surface area contributed by atoms with Crippen molar-refractivity contribution in [2.45, 2.75) is 32.2 Å². The predicted octanol–water partition coefficient (Wildman–Crippen LogP) is 2.03. The SMILES string of the molecule is CC(C)c1ccc2c(c1)C(=O)NC(CN(C)C)C2. The Morgan fingerprint density at radius 3 is 2.72 bits per heavy atom. The average molecular weight is 246 g/mol. The van der Waals surface area contributed by atoms with Crippen LogP contribution >= 0.6 is 0 Å². The molecule has 1 N–H and O–H groups in total. The molecule has 1 aromatic rings. The van der Waals surface area contributed by atoms with Crippen LogP contribution in [0.5, 0.6) is 0 Å². The van der Waals surface area contributed by atoms with Gasteiger partial charge >= 0.3 is 0 Å². The summed E-state index contributed by atoms with van der Waals surface area (Å²) in [4.78, 5) is 14.2. The highest BCUT2D eigenvalue weighted by Gasteiger charge is 2.24. The van der Waals surface area contributed by atoms with Gasteiger partial charge in [-0.25, -0.2) is 0 Å². The molecule has 0 saturated heterocycles. The van der Waals surface area contributed by atoms with Gasteiger partial charge < -0.3 is 10.2 Å². The molecule has 0 aromatic heterocycles. The van der Waals surface area contributed by atoms with E-state index >= 15 is 0 Å². The van der Waals surface area contributed by atoms with Crippen LogP contribution in [0.1, 0.15) is 41.3 Å². The van der Waals surface area contributed by atoms with Crippen LogP contribution in [0, 0.1) is 0 Å². The third kappa shape index (κ3) is 2.72. The zero-order valence-electron chi connectivity index (χ0n) is 11.7. The normalized spacial score (nSPS) is 19.0. The van der Waals surface area contributed by atoms with E-state index in [2.05, 4.69) is 36.2 Å². The van der Waals surface area contributed by atoms with Crippen molar-refractivity contribution < 1.29 is 4.79 Å². The minimum Gasteiger partial charge on any atom is -0.348 e. The zero-order chi connectivity index (χ0) is 13.3. The van der Waals surface area contributed by atoms with Gasteiger partial charge in [0.2, 0.25) is 0 Å². The minimum absolute atomic E-state index is 0.0746. The summed E-state index contributed by atoms with van der Waals surface area (Å²) in [5.41, 5.74) is 3.26. The van der Waals surface area contributed by atoms with E-state index in [0.717, 1.165) is 18.5 Å². The van der Waals surface area contributed by atoms with Crippen molar-refractivity contribution in [1.82, 2.24) is 10.2 Å². The summed E-state index contributed by atoms with van der Waals surface area (Å²) in [6.07, 6.45) is 0.928. The van der Waals surface area contributed by atoms with E-state index in [9.17, 15) is 4.79 Å². The fraction of sp³-hybridized carbons (Fsp3) is 0.533. The Kier molecular flexibility index (Phi) is 3.71. The first-order valence-electron chi connectivity index (χ1n) is 6.55. The molecule has 1 unspecified atom stereocenters. The summed E-state index contributed by atoms with van der Waals surface area (Å²) in [6.45, 7) is 5.19. The van der Waals surface area contributed by atoms with Gasteiger partial charge in [-0.15, -0.1) is 0 Å². The summed E-state index contributed by atoms with van der Waals surface area (Å²) >= 11 is 0. The van der Waals surface area contributed by atoms with Crippen LogP contribution in [0.25, 0.3) is 0 Å². The van der Waals surface area contributed by atoms with Crippen molar-refractivity contribution in [3.63, 3.8) is 0 Å². The molecule has 0 saturated carbocycles.